The molecule has 3 rings (SSSR count). The number of H-pyrrole nitrogens is 1. The van der Waals surface area contributed by atoms with Gasteiger partial charge in [0.1, 0.15) is 5.82 Å². The highest BCUT2D eigenvalue weighted by Gasteiger charge is 2.14. The van der Waals surface area contributed by atoms with E-state index in [4.69, 9.17) is 5.73 Å². The van der Waals surface area contributed by atoms with Crippen LogP contribution < -0.4 is 5.73 Å². The molecule has 1 saturated carbocycles. The van der Waals surface area contributed by atoms with Crippen molar-refractivity contribution in [2.75, 3.05) is 5.73 Å². The Morgan fingerprint density at radius 2 is 2.06 bits per heavy atom. The highest BCUT2D eigenvalue weighted by molar-refractivity contribution is 5.78. The molecule has 1 fully saturated rings. The fourth-order valence-corrected chi connectivity index (χ4v) is 3.02. The first-order valence-electron chi connectivity index (χ1n) is 7.05. The van der Waals surface area contributed by atoms with Gasteiger partial charge in [0.15, 0.2) is 0 Å². The molecule has 0 radical (unpaired) electrons. The van der Waals surface area contributed by atoms with E-state index in [9.17, 15) is 0 Å². The van der Waals surface area contributed by atoms with Crippen LogP contribution in [-0.2, 0) is 6.42 Å². The molecule has 2 aromatic rings. The maximum absolute atomic E-state index is 5.78. The Morgan fingerprint density at radius 3 is 2.89 bits per heavy atom. The number of hydrogen-bond acceptors (Lipinski definition) is 2. The van der Waals surface area contributed by atoms with Crippen LogP contribution in [0.3, 0.4) is 0 Å². The van der Waals surface area contributed by atoms with Crippen molar-refractivity contribution >= 4 is 16.7 Å². The number of nitrogens with zero attached hydrogens (tertiary/aromatic N) is 1. The van der Waals surface area contributed by atoms with E-state index in [0.29, 0.717) is 0 Å². The van der Waals surface area contributed by atoms with Crippen LogP contribution in [0.4, 0.5) is 5.69 Å². The molecule has 1 aromatic heterocycles. The van der Waals surface area contributed by atoms with Crippen LogP contribution in [0, 0.1) is 5.92 Å². The van der Waals surface area contributed by atoms with Crippen molar-refractivity contribution in [3.8, 4) is 0 Å². The third-order valence-corrected chi connectivity index (χ3v) is 4.07. The second-order valence-corrected chi connectivity index (χ2v) is 5.50. The summed E-state index contributed by atoms with van der Waals surface area (Å²) in [6.45, 7) is 0. The maximum Gasteiger partial charge on any atom is 0.107 e. The number of aromatic amines is 1. The predicted molar refractivity (Wildman–Crippen MR) is 75.4 cm³/mol. The summed E-state index contributed by atoms with van der Waals surface area (Å²) in [6, 6.07) is 5.87. The van der Waals surface area contributed by atoms with Crippen molar-refractivity contribution in [1.29, 1.82) is 0 Å². The number of fused-ring (bicyclic) bond motifs is 1. The number of nitrogen functional groups attached to an aromatic ring is 1. The van der Waals surface area contributed by atoms with Gasteiger partial charge < -0.3 is 10.7 Å². The van der Waals surface area contributed by atoms with E-state index in [1.807, 2.05) is 18.2 Å². The lowest BCUT2D eigenvalue weighted by molar-refractivity contribution is 0.337. The normalized spacial score (nSPS) is 17.3. The summed E-state index contributed by atoms with van der Waals surface area (Å²) in [5, 5.41) is 0. The average Bonchev–Trinajstić information content (AvgIpc) is 2.79. The number of nitrogens with two attached hydrogens (primary N) is 1. The topological polar surface area (TPSA) is 54.7 Å². The molecular formula is C15H21N3. The number of benzene rings is 1. The number of aryl methyl sites for hydroxylation is 1. The Hall–Kier alpha value is -1.51. The lowest BCUT2D eigenvalue weighted by Gasteiger charge is -2.20. The third-order valence-electron chi connectivity index (χ3n) is 4.07. The fraction of sp³-hybridized carbons (Fsp3) is 0.533. The second-order valence-electron chi connectivity index (χ2n) is 5.50. The molecule has 1 aliphatic carbocycles. The van der Waals surface area contributed by atoms with Crippen molar-refractivity contribution in [3.05, 3.63) is 24.0 Å². The molecule has 3 heteroatoms. The van der Waals surface area contributed by atoms with Gasteiger partial charge in [-0.05, 0) is 30.5 Å². The zero-order valence-corrected chi connectivity index (χ0v) is 10.8. The van der Waals surface area contributed by atoms with Gasteiger partial charge in [-0.1, -0.05) is 32.1 Å². The first-order chi connectivity index (χ1) is 8.81. The SMILES string of the molecule is Nc1ccc2nc(CCC3CCCCC3)[nH]c2c1. The predicted octanol–water partition coefficient (Wildman–Crippen LogP) is 3.66. The van der Waals surface area contributed by atoms with Crippen LogP contribution in [0.5, 0.6) is 0 Å². The molecular weight excluding hydrogens is 222 g/mol. The van der Waals surface area contributed by atoms with Gasteiger partial charge >= 0.3 is 0 Å². The number of hydrogen-bond donors (Lipinski definition) is 2. The van der Waals surface area contributed by atoms with E-state index >= 15 is 0 Å². The zero-order valence-electron chi connectivity index (χ0n) is 10.8. The van der Waals surface area contributed by atoms with Crippen molar-refractivity contribution < 1.29 is 0 Å². The van der Waals surface area contributed by atoms with E-state index in [0.717, 1.165) is 34.9 Å². The van der Waals surface area contributed by atoms with Crippen molar-refractivity contribution in [1.82, 2.24) is 9.97 Å². The molecule has 96 valence electrons. The van der Waals surface area contributed by atoms with E-state index in [2.05, 4.69) is 9.97 Å². The molecule has 18 heavy (non-hydrogen) atoms. The van der Waals surface area contributed by atoms with Gasteiger partial charge in [-0.15, -0.1) is 0 Å². The monoisotopic (exact) mass is 243 g/mol. The summed E-state index contributed by atoms with van der Waals surface area (Å²) >= 11 is 0. The summed E-state index contributed by atoms with van der Waals surface area (Å²) in [7, 11) is 0. The van der Waals surface area contributed by atoms with Crippen LogP contribution in [0.15, 0.2) is 18.2 Å². The number of rotatable bonds is 3. The van der Waals surface area contributed by atoms with Gasteiger partial charge in [0.25, 0.3) is 0 Å². The van der Waals surface area contributed by atoms with E-state index in [-0.39, 0.29) is 0 Å². The largest absolute Gasteiger partial charge is 0.399 e. The molecule has 0 aliphatic heterocycles. The van der Waals surface area contributed by atoms with Crippen LogP contribution in [0.1, 0.15) is 44.3 Å². The van der Waals surface area contributed by atoms with Gasteiger partial charge in [-0.2, -0.15) is 0 Å². The molecule has 1 aliphatic rings. The molecule has 0 unspecified atom stereocenters. The van der Waals surface area contributed by atoms with E-state index in [1.165, 1.54) is 38.5 Å². The van der Waals surface area contributed by atoms with E-state index in [1.54, 1.807) is 0 Å². The molecule has 0 bridgehead atoms. The lowest BCUT2D eigenvalue weighted by Crippen LogP contribution is -2.07. The third kappa shape index (κ3) is 2.50. The average molecular weight is 243 g/mol. The summed E-state index contributed by atoms with van der Waals surface area (Å²) in [4.78, 5) is 8.01. The number of imidazole rings is 1. The van der Waals surface area contributed by atoms with Gasteiger partial charge in [-0.25, -0.2) is 4.98 Å². The van der Waals surface area contributed by atoms with Crippen LogP contribution >= 0.6 is 0 Å². The standard InChI is InChI=1S/C15H21N3/c16-12-7-8-13-14(10-12)18-15(17-13)9-6-11-4-2-1-3-5-11/h7-8,10-11H,1-6,9,16H2,(H,17,18). The Balaban J connectivity index is 1.67. The van der Waals surface area contributed by atoms with Crippen LogP contribution in [-0.4, -0.2) is 9.97 Å². The molecule has 3 nitrogen and oxygen atoms in total. The minimum Gasteiger partial charge on any atom is -0.399 e. The molecule has 0 amide bonds. The smallest absolute Gasteiger partial charge is 0.107 e. The Bertz CT molecular complexity index is 524. The highest BCUT2D eigenvalue weighted by Crippen LogP contribution is 2.27. The van der Waals surface area contributed by atoms with Gasteiger partial charge in [0, 0.05) is 12.1 Å². The number of aromatic nitrogens is 2. The Labute approximate surface area is 108 Å². The zero-order chi connectivity index (χ0) is 12.4. The summed E-state index contributed by atoms with van der Waals surface area (Å²) in [5.41, 5.74) is 8.67. The first kappa shape index (κ1) is 11.6. The van der Waals surface area contributed by atoms with Gasteiger partial charge in [0.05, 0.1) is 11.0 Å². The summed E-state index contributed by atoms with van der Waals surface area (Å²) < 4.78 is 0. The number of anilines is 1. The van der Waals surface area contributed by atoms with Crippen molar-refractivity contribution in [3.63, 3.8) is 0 Å². The lowest BCUT2D eigenvalue weighted by atomic mass is 9.86. The first-order valence-corrected chi connectivity index (χ1v) is 7.05. The van der Waals surface area contributed by atoms with Crippen molar-refractivity contribution in [2.24, 2.45) is 5.92 Å². The molecule has 0 atom stereocenters. The molecule has 1 heterocycles. The molecule has 0 saturated heterocycles. The Kier molecular flexibility index (Phi) is 3.22. The van der Waals surface area contributed by atoms with E-state index < -0.39 is 0 Å². The van der Waals surface area contributed by atoms with Gasteiger partial charge in [-0.3, -0.25) is 0 Å². The quantitative estimate of drug-likeness (QED) is 0.808. The van der Waals surface area contributed by atoms with Gasteiger partial charge in [0.2, 0.25) is 0 Å². The van der Waals surface area contributed by atoms with Crippen LogP contribution in [0.2, 0.25) is 0 Å². The highest BCUT2D eigenvalue weighted by atomic mass is 14.9. The summed E-state index contributed by atoms with van der Waals surface area (Å²) in [6.07, 6.45) is 9.43. The van der Waals surface area contributed by atoms with Crippen LogP contribution in [0.25, 0.3) is 11.0 Å². The minimum absolute atomic E-state index is 0.796. The maximum atomic E-state index is 5.78. The fourth-order valence-electron chi connectivity index (χ4n) is 3.02. The summed E-state index contributed by atoms with van der Waals surface area (Å²) in [5.74, 6) is 2.03. The molecule has 3 N–H and O–H groups in total. The minimum atomic E-state index is 0.796. The Morgan fingerprint density at radius 1 is 1.22 bits per heavy atom. The van der Waals surface area contributed by atoms with Crippen molar-refractivity contribution in [2.45, 2.75) is 44.9 Å². The number of nitrogens with one attached hydrogen (secondary N) is 1. The second kappa shape index (κ2) is 5.01. The molecule has 0 spiro atoms. The molecule has 1 aromatic carbocycles.